The molecule has 18 heavy (non-hydrogen) atoms. The van der Waals surface area contributed by atoms with Crippen molar-refractivity contribution in [3.8, 4) is 0 Å². The second kappa shape index (κ2) is 6.12. The number of halogens is 1. The molecule has 0 amide bonds. The van der Waals surface area contributed by atoms with E-state index in [1.807, 2.05) is 11.7 Å². The van der Waals surface area contributed by atoms with E-state index in [0.717, 1.165) is 16.2 Å². The molecule has 3 atom stereocenters. The first kappa shape index (κ1) is 14.0. The Balaban J connectivity index is 2.18. The van der Waals surface area contributed by atoms with Gasteiger partial charge >= 0.3 is 0 Å². The van der Waals surface area contributed by atoms with Crippen LogP contribution in [0.25, 0.3) is 0 Å². The highest BCUT2D eigenvalue weighted by molar-refractivity contribution is 9.10. The van der Waals surface area contributed by atoms with Crippen molar-refractivity contribution >= 4 is 15.9 Å². The Morgan fingerprint density at radius 2 is 2.33 bits per heavy atom. The molecule has 1 aliphatic rings. The van der Waals surface area contributed by atoms with E-state index in [1.165, 1.54) is 32.1 Å². The van der Waals surface area contributed by atoms with E-state index in [4.69, 9.17) is 5.84 Å². The summed E-state index contributed by atoms with van der Waals surface area (Å²) < 4.78 is 2.61. The smallest absolute Gasteiger partial charge is 0.153 e. The van der Waals surface area contributed by atoms with E-state index >= 15 is 0 Å². The summed E-state index contributed by atoms with van der Waals surface area (Å²) in [6.07, 6.45) is 6.38. The molecule has 0 aliphatic heterocycles. The third kappa shape index (κ3) is 2.75. The summed E-state index contributed by atoms with van der Waals surface area (Å²) in [5.74, 6) is 7.18. The Labute approximate surface area is 117 Å². The van der Waals surface area contributed by atoms with Crippen LogP contribution in [-0.2, 0) is 7.05 Å². The van der Waals surface area contributed by atoms with Crippen LogP contribution in [0.15, 0.2) is 4.60 Å². The molecule has 0 radical (unpaired) electrons. The molecule has 1 heterocycles. The molecular formula is C12H22BrN5. The van der Waals surface area contributed by atoms with Crippen LogP contribution in [0.2, 0.25) is 0 Å². The largest absolute Gasteiger partial charge is 0.271 e. The van der Waals surface area contributed by atoms with E-state index in [2.05, 4.69) is 38.6 Å². The van der Waals surface area contributed by atoms with Crippen molar-refractivity contribution in [2.75, 3.05) is 0 Å². The van der Waals surface area contributed by atoms with Gasteiger partial charge in [-0.1, -0.05) is 31.4 Å². The van der Waals surface area contributed by atoms with Crippen molar-refractivity contribution in [2.24, 2.45) is 24.7 Å². The molecule has 6 heteroatoms. The molecule has 1 saturated carbocycles. The van der Waals surface area contributed by atoms with Gasteiger partial charge in [0.15, 0.2) is 4.60 Å². The Kier molecular flexibility index (Phi) is 4.75. The lowest BCUT2D eigenvalue weighted by Crippen LogP contribution is -2.37. The van der Waals surface area contributed by atoms with Gasteiger partial charge in [-0.05, 0) is 40.6 Å². The van der Waals surface area contributed by atoms with Crippen molar-refractivity contribution in [3.63, 3.8) is 0 Å². The number of aryl methyl sites for hydroxylation is 1. The summed E-state index contributed by atoms with van der Waals surface area (Å²) in [5, 5.41) is 8.10. The lowest BCUT2D eigenvalue weighted by molar-refractivity contribution is 0.204. The molecule has 1 aliphatic carbocycles. The second-order valence-electron chi connectivity index (χ2n) is 5.23. The Bertz CT molecular complexity index is 372. The van der Waals surface area contributed by atoms with Crippen LogP contribution in [0.1, 0.15) is 50.8 Å². The zero-order valence-corrected chi connectivity index (χ0v) is 12.7. The Morgan fingerprint density at radius 3 is 2.89 bits per heavy atom. The second-order valence-corrected chi connectivity index (χ2v) is 5.99. The van der Waals surface area contributed by atoms with Crippen LogP contribution in [0, 0.1) is 11.8 Å². The van der Waals surface area contributed by atoms with Gasteiger partial charge in [0.05, 0.1) is 11.7 Å². The molecule has 2 rings (SSSR count). The topological polar surface area (TPSA) is 68.8 Å². The highest BCUT2D eigenvalue weighted by Gasteiger charge is 2.31. The first-order chi connectivity index (χ1) is 8.67. The normalized spacial score (nSPS) is 26.2. The van der Waals surface area contributed by atoms with E-state index in [1.54, 1.807) is 0 Å². The quantitative estimate of drug-likeness (QED) is 0.661. The average Bonchev–Trinajstić information content (AvgIpc) is 2.72. The molecule has 0 saturated heterocycles. The predicted molar refractivity (Wildman–Crippen MR) is 74.5 cm³/mol. The first-order valence-electron chi connectivity index (χ1n) is 6.68. The third-order valence-electron chi connectivity index (χ3n) is 4.17. The van der Waals surface area contributed by atoms with Crippen molar-refractivity contribution in [2.45, 2.75) is 45.1 Å². The van der Waals surface area contributed by atoms with Crippen LogP contribution in [-0.4, -0.2) is 15.0 Å². The molecule has 1 fully saturated rings. The molecule has 1 aromatic heterocycles. The van der Waals surface area contributed by atoms with Crippen molar-refractivity contribution < 1.29 is 0 Å². The lowest BCUT2D eigenvalue weighted by atomic mass is 9.76. The molecule has 3 unspecified atom stereocenters. The van der Waals surface area contributed by atoms with Gasteiger partial charge < -0.3 is 0 Å². The van der Waals surface area contributed by atoms with Crippen LogP contribution < -0.4 is 11.3 Å². The van der Waals surface area contributed by atoms with Gasteiger partial charge in [0.1, 0.15) is 0 Å². The van der Waals surface area contributed by atoms with E-state index < -0.39 is 0 Å². The molecule has 1 aromatic rings. The number of nitrogens with two attached hydrogens (primary N) is 1. The minimum absolute atomic E-state index is 0.133. The molecule has 0 aromatic carbocycles. The fourth-order valence-electron chi connectivity index (χ4n) is 3.11. The summed E-state index contributed by atoms with van der Waals surface area (Å²) in [6.45, 7) is 2.28. The number of hydrogen-bond acceptors (Lipinski definition) is 4. The Hall–Kier alpha value is -0.460. The van der Waals surface area contributed by atoms with Crippen molar-refractivity contribution in [1.82, 2.24) is 20.4 Å². The molecule has 0 spiro atoms. The van der Waals surface area contributed by atoms with E-state index in [-0.39, 0.29) is 6.04 Å². The number of rotatable bonds is 4. The molecule has 5 nitrogen and oxygen atoms in total. The van der Waals surface area contributed by atoms with Gasteiger partial charge in [-0.2, -0.15) is 0 Å². The highest BCUT2D eigenvalue weighted by atomic mass is 79.9. The first-order valence-corrected chi connectivity index (χ1v) is 7.47. The molecular weight excluding hydrogens is 294 g/mol. The van der Waals surface area contributed by atoms with Gasteiger partial charge in [0.25, 0.3) is 0 Å². The van der Waals surface area contributed by atoms with Gasteiger partial charge in [-0.3, -0.25) is 11.3 Å². The number of nitrogens with one attached hydrogen (secondary N) is 1. The molecule has 102 valence electrons. The summed E-state index contributed by atoms with van der Waals surface area (Å²) in [5.41, 5.74) is 4.02. The minimum Gasteiger partial charge on any atom is -0.271 e. The van der Waals surface area contributed by atoms with Crippen LogP contribution in [0.4, 0.5) is 0 Å². The van der Waals surface area contributed by atoms with E-state index in [9.17, 15) is 0 Å². The fraction of sp³-hybridized carbons (Fsp3) is 0.833. The number of hydrazine groups is 1. The van der Waals surface area contributed by atoms with Crippen LogP contribution >= 0.6 is 15.9 Å². The highest BCUT2D eigenvalue weighted by Crippen LogP contribution is 2.39. The van der Waals surface area contributed by atoms with E-state index in [0.29, 0.717) is 5.92 Å². The van der Waals surface area contributed by atoms with Crippen molar-refractivity contribution in [1.29, 1.82) is 0 Å². The maximum atomic E-state index is 5.78. The third-order valence-corrected chi connectivity index (χ3v) is 4.74. The lowest BCUT2D eigenvalue weighted by Gasteiger charge is -2.33. The summed E-state index contributed by atoms with van der Waals surface area (Å²) in [4.78, 5) is 0. The summed E-state index contributed by atoms with van der Waals surface area (Å²) >= 11 is 3.47. The maximum absolute atomic E-state index is 5.78. The Morgan fingerprint density at radius 1 is 1.56 bits per heavy atom. The maximum Gasteiger partial charge on any atom is 0.153 e. The standard InChI is InChI=1S/C12H22BrN5/c1-3-8-5-4-6-9(7-8)10(15-14)11-12(13)16-17-18(11)2/h8-10,15H,3-7,14H2,1-2H3. The van der Waals surface area contributed by atoms with Gasteiger partial charge in [-0.15, -0.1) is 5.10 Å². The molecule has 0 bridgehead atoms. The fourth-order valence-corrected chi connectivity index (χ4v) is 3.69. The predicted octanol–water partition coefficient (Wildman–Crippen LogP) is 2.30. The number of hydrogen-bond donors (Lipinski definition) is 2. The number of nitrogens with zero attached hydrogens (tertiary/aromatic N) is 3. The number of aromatic nitrogens is 3. The average molecular weight is 316 g/mol. The van der Waals surface area contributed by atoms with Gasteiger partial charge in [-0.25, -0.2) is 4.68 Å². The van der Waals surface area contributed by atoms with Crippen LogP contribution in [0.5, 0.6) is 0 Å². The summed E-state index contributed by atoms with van der Waals surface area (Å²) in [6, 6.07) is 0.133. The zero-order chi connectivity index (χ0) is 13.1. The van der Waals surface area contributed by atoms with Crippen molar-refractivity contribution in [3.05, 3.63) is 10.3 Å². The van der Waals surface area contributed by atoms with Gasteiger partial charge in [0, 0.05) is 7.05 Å². The minimum atomic E-state index is 0.133. The van der Waals surface area contributed by atoms with Crippen LogP contribution in [0.3, 0.4) is 0 Å². The zero-order valence-electron chi connectivity index (χ0n) is 11.1. The summed E-state index contributed by atoms with van der Waals surface area (Å²) in [7, 11) is 1.91. The molecule has 3 N–H and O–H groups in total. The van der Waals surface area contributed by atoms with Gasteiger partial charge in [0.2, 0.25) is 0 Å². The SMILES string of the molecule is CCC1CCCC(C(NN)c2c(Br)nnn2C)C1. The monoisotopic (exact) mass is 315 g/mol.